The fraction of sp³-hybridized carbons (Fsp3) is 0.652. The van der Waals surface area contributed by atoms with Crippen LogP contribution in [0.15, 0.2) is 18.2 Å². The number of nitrogens with zero attached hydrogens (tertiary/aromatic N) is 2. The van der Waals surface area contributed by atoms with Crippen LogP contribution in [0.3, 0.4) is 0 Å². The lowest BCUT2D eigenvalue weighted by Crippen LogP contribution is -2.46. The summed E-state index contributed by atoms with van der Waals surface area (Å²) in [6.07, 6.45) is 2.53. The fourth-order valence-corrected chi connectivity index (χ4v) is 4.57. The zero-order chi connectivity index (χ0) is 22.5. The number of halogens is 2. The van der Waals surface area contributed by atoms with Gasteiger partial charge in [0.05, 0.1) is 6.54 Å². The van der Waals surface area contributed by atoms with E-state index in [4.69, 9.17) is 9.84 Å². The SMILES string of the molecule is CC(C)CC(=O)N1CC(Oc2ccc(F)cc2F)CC1CN1CCC(CC(=O)O)CC1. The molecule has 2 aliphatic heterocycles. The monoisotopic (exact) mass is 438 g/mol. The van der Waals surface area contributed by atoms with Crippen LogP contribution in [0.4, 0.5) is 8.78 Å². The smallest absolute Gasteiger partial charge is 0.303 e. The van der Waals surface area contributed by atoms with Gasteiger partial charge in [0.25, 0.3) is 0 Å². The van der Waals surface area contributed by atoms with E-state index in [0.717, 1.165) is 38.1 Å². The summed E-state index contributed by atoms with van der Waals surface area (Å²) in [5, 5.41) is 8.99. The summed E-state index contributed by atoms with van der Waals surface area (Å²) < 4.78 is 33.0. The lowest BCUT2D eigenvalue weighted by Gasteiger charge is -2.35. The van der Waals surface area contributed by atoms with Gasteiger partial charge in [0, 0.05) is 37.9 Å². The Hall–Kier alpha value is -2.22. The van der Waals surface area contributed by atoms with Gasteiger partial charge in [-0.25, -0.2) is 8.78 Å². The average Bonchev–Trinajstić information content (AvgIpc) is 3.07. The second kappa shape index (κ2) is 10.4. The van der Waals surface area contributed by atoms with Gasteiger partial charge < -0.3 is 19.6 Å². The van der Waals surface area contributed by atoms with Gasteiger partial charge >= 0.3 is 5.97 Å². The van der Waals surface area contributed by atoms with Crippen LogP contribution < -0.4 is 4.74 Å². The minimum absolute atomic E-state index is 0.00204. The number of carboxylic acids is 1. The molecule has 0 radical (unpaired) electrons. The minimum Gasteiger partial charge on any atom is -0.485 e. The largest absolute Gasteiger partial charge is 0.485 e. The number of likely N-dealkylation sites (tertiary alicyclic amines) is 2. The molecule has 2 unspecified atom stereocenters. The molecule has 0 bridgehead atoms. The summed E-state index contributed by atoms with van der Waals surface area (Å²) >= 11 is 0. The van der Waals surface area contributed by atoms with Crippen molar-refractivity contribution in [1.82, 2.24) is 9.80 Å². The molecular weight excluding hydrogens is 406 g/mol. The summed E-state index contributed by atoms with van der Waals surface area (Å²) in [5.41, 5.74) is 0. The van der Waals surface area contributed by atoms with Crippen molar-refractivity contribution in [1.29, 1.82) is 0 Å². The number of ether oxygens (including phenoxy) is 1. The summed E-state index contributed by atoms with van der Waals surface area (Å²) in [7, 11) is 0. The molecule has 0 aromatic heterocycles. The van der Waals surface area contributed by atoms with Crippen LogP contribution in [0, 0.1) is 23.5 Å². The Morgan fingerprint density at radius 2 is 1.94 bits per heavy atom. The highest BCUT2D eigenvalue weighted by molar-refractivity contribution is 5.77. The second-order valence-corrected chi connectivity index (χ2v) is 9.19. The van der Waals surface area contributed by atoms with Gasteiger partial charge in [-0.05, 0) is 49.9 Å². The number of carbonyl (C=O) groups is 2. The maximum atomic E-state index is 14.0. The summed E-state index contributed by atoms with van der Waals surface area (Å²) in [6.45, 7) is 6.67. The number of carbonyl (C=O) groups excluding carboxylic acids is 1. The van der Waals surface area contributed by atoms with E-state index in [1.807, 2.05) is 18.7 Å². The first-order chi connectivity index (χ1) is 14.7. The van der Waals surface area contributed by atoms with E-state index < -0.39 is 17.6 Å². The van der Waals surface area contributed by atoms with Crippen LogP contribution >= 0.6 is 0 Å². The third kappa shape index (κ3) is 6.63. The maximum absolute atomic E-state index is 14.0. The molecule has 172 valence electrons. The summed E-state index contributed by atoms with van der Waals surface area (Å²) in [6, 6.07) is 3.19. The van der Waals surface area contributed by atoms with Gasteiger partial charge in [0.2, 0.25) is 5.91 Å². The molecular formula is C23H32F2N2O4. The van der Waals surface area contributed by atoms with Crippen molar-refractivity contribution in [3.05, 3.63) is 29.8 Å². The van der Waals surface area contributed by atoms with Crippen LogP contribution in [0.25, 0.3) is 0 Å². The maximum Gasteiger partial charge on any atom is 0.303 e. The topological polar surface area (TPSA) is 70.1 Å². The normalized spacial score (nSPS) is 22.8. The van der Waals surface area contributed by atoms with Crippen LogP contribution in [-0.4, -0.2) is 65.1 Å². The second-order valence-electron chi connectivity index (χ2n) is 9.19. The molecule has 8 heteroatoms. The number of hydrogen-bond donors (Lipinski definition) is 1. The zero-order valence-electron chi connectivity index (χ0n) is 18.2. The van der Waals surface area contributed by atoms with Crippen molar-refractivity contribution >= 4 is 11.9 Å². The van der Waals surface area contributed by atoms with Crippen LogP contribution in [-0.2, 0) is 9.59 Å². The van der Waals surface area contributed by atoms with E-state index in [2.05, 4.69) is 4.90 Å². The Morgan fingerprint density at radius 3 is 2.55 bits per heavy atom. The summed E-state index contributed by atoms with van der Waals surface area (Å²) in [5.74, 6) is -1.67. The summed E-state index contributed by atoms with van der Waals surface area (Å²) in [4.78, 5) is 27.9. The Labute approximate surface area is 182 Å². The van der Waals surface area contributed by atoms with E-state index in [1.54, 1.807) is 0 Å². The third-order valence-corrected chi connectivity index (χ3v) is 6.11. The molecule has 3 rings (SSSR count). The molecule has 0 saturated carbocycles. The van der Waals surface area contributed by atoms with E-state index in [0.29, 0.717) is 25.9 Å². The number of benzene rings is 1. The van der Waals surface area contributed by atoms with Gasteiger partial charge in [-0.3, -0.25) is 9.59 Å². The van der Waals surface area contributed by atoms with Gasteiger partial charge in [-0.1, -0.05) is 13.8 Å². The molecule has 0 spiro atoms. The number of aliphatic carboxylic acids is 1. The third-order valence-electron chi connectivity index (χ3n) is 6.11. The van der Waals surface area contributed by atoms with E-state index >= 15 is 0 Å². The Morgan fingerprint density at radius 1 is 1.23 bits per heavy atom. The highest BCUT2D eigenvalue weighted by atomic mass is 19.1. The minimum atomic E-state index is -0.757. The predicted octanol–water partition coefficient (Wildman–Crippen LogP) is 3.55. The molecule has 2 saturated heterocycles. The van der Waals surface area contributed by atoms with Crippen molar-refractivity contribution in [3.8, 4) is 5.75 Å². The molecule has 1 amide bonds. The van der Waals surface area contributed by atoms with Crippen molar-refractivity contribution in [3.63, 3.8) is 0 Å². The molecule has 1 N–H and O–H groups in total. The Kier molecular flexibility index (Phi) is 7.86. The fourth-order valence-electron chi connectivity index (χ4n) is 4.57. The Balaban J connectivity index is 1.63. The highest BCUT2D eigenvalue weighted by Gasteiger charge is 2.38. The quantitative estimate of drug-likeness (QED) is 0.672. The standard InChI is InChI=1S/C23H32F2N2O4/c1-15(2)9-22(28)27-14-19(31-21-4-3-17(24)11-20(21)25)12-18(27)13-26-7-5-16(6-8-26)10-23(29)30/h3-4,11,15-16,18-19H,5-10,12-14H2,1-2H3,(H,29,30). The Bertz CT molecular complexity index is 781. The lowest BCUT2D eigenvalue weighted by molar-refractivity contribution is -0.138. The first-order valence-corrected chi connectivity index (χ1v) is 11.1. The number of amides is 1. The highest BCUT2D eigenvalue weighted by Crippen LogP contribution is 2.28. The van der Waals surface area contributed by atoms with Gasteiger partial charge in [-0.15, -0.1) is 0 Å². The first kappa shape index (κ1) is 23.4. The van der Waals surface area contributed by atoms with Crippen molar-refractivity contribution in [2.24, 2.45) is 11.8 Å². The molecule has 2 heterocycles. The number of rotatable bonds is 8. The zero-order valence-corrected chi connectivity index (χ0v) is 18.2. The molecule has 2 fully saturated rings. The van der Waals surface area contributed by atoms with E-state index in [-0.39, 0.29) is 42.1 Å². The van der Waals surface area contributed by atoms with Gasteiger partial charge in [0.15, 0.2) is 11.6 Å². The van der Waals surface area contributed by atoms with Crippen molar-refractivity contribution in [2.45, 2.75) is 58.1 Å². The molecule has 31 heavy (non-hydrogen) atoms. The molecule has 1 aromatic carbocycles. The van der Waals surface area contributed by atoms with Gasteiger partial charge in [-0.2, -0.15) is 0 Å². The number of hydrogen-bond acceptors (Lipinski definition) is 4. The van der Waals surface area contributed by atoms with Crippen LogP contribution in [0.2, 0.25) is 0 Å². The molecule has 6 nitrogen and oxygen atoms in total. The van der Waals surface area contributed by atoms with Crippen LogP contribution in [0.1, 0.15) is 46.0 Å². The molecule has 0 aliphatic carbocycles. The number of carboxylic acid groups (broad SMARTS) is 1. The first-order valence-electron chi connectivity index (χ1n) is 11.1. The molecule has 2 atom stereocenters. The average molecular weight is 439 g/mol. The van der Waals surface area contributed by atoms with Crippen molar-refractivity contribution in [2.75, 3.05) is 26.2 Å². The lowest BCUT2D eigenvalue weighted by atomic mass is 9.93. The molecule has 1 aromatic rings. The van der Waals surface area contributed by atoms with Gasteiger partial charge in [0.1, 0.15) is 11.9 Å². The van der Waals surface area contributed by atoms with E-state index in [1.165, 1.54) is 6.07 Å². The number of piperidine rings is 1. The molecule has 2 aliphatic rings. The van der Waals surface area contributed by atoms with E-state index in [9.17, 15) is 18.4 Å². The van der Waals surface area contributed by atoms with Crippen LogP contribution in [0.5, 0.6) is 5.75 Å². The predicted molar refractivity (Wildman–Crippen MR) is 112 cm³/mol. The van der Waals surface area contributed by atoms with Crippen molar-refractivity contribution < 1.29 is 28.2 Å².